The molecule has 2 aromatic carbocycles. The van der Waals surface area contributed by atoms with E-state index in [1.807, 2.05) is 30.3 Å². The van der Waals surface area contributed by atoms with E-state index in [-0.39, 0.29) is 11.7 Å². The minimum absolute atomic E-state index is 0.139. The smallest absolute Gasteiger partial charge is 0.257 e. The van der Waals surface area contributed by atoms with Crippen LogP contribution >= 0.6 is 27.7 Å². The van der Waals surface area contributed by atoms with Gasteiger partial charge in [-0.3, -0.25) is 4.79 Å². The van der Waals surface area contributed by atoms with E-state index in [1.165, 1.54) is 18.0 Å². The van der Waals surface area contributed by atoms with Gasteiger partial charge in [-0.05, 0) is 45.8 Å². The van der Waals surface area contributed by atoms with Crippen molar-refractivity contribution in [3.8, 4) is 11.5 Å². The van der Waals surface area contributed by atoms with E-state index in [2.05, 4.69) is 31.4 Å². The molecule has 1 amide bonds. The van der Waals surface area contributed by atoms with Crippen LogP contribution in [0.3, 0.4) is 0 Å². The SMILES string of the molecule is COc1cc(/C=N\NC(=O)CSc2nc3ccccc3o2)cc(Br)c1OC. The van der Waals surface area contributed by atoms with Crippen molar-refractivity contribution in [3.63, 3.8) is 0 Å². The molecule has 7 nitrogen and oxygen atoms in total. The van der Waals surface area contributed by atoms with Crippen molar-refractivity contribution in [2.75, 3.05) is 20.0 Å². The second-order valence-electron chi connectivity index (χ2n) is 5.27. The predicted molar refractivity (Wildman–Crippen MR) is 108 cm³/mol. The van der Waals surface area contributed by atoms with Crippen LogP contribution in [-0.2, 0) is 4.79 Å². The molecule has 0 bridgehead atoms. The molecule has 0 aliphatic rings. The monoisotopic (exact) mass is 449 g/mol. The molecular weight excluding hydrogens is 434 g/mol. The zero-order chi connectivity index (χ0) is 19.2. The molecule has 0 aliphatic carbocycles. The van der Waals surface area contributed by atoms with Gasteiger partial charge in [-0.15, -0.1) is 0 Å². The Morgan fingerprint density at radius 3 is 2.89 bits per heavy atom. The Balaban J connectivity index is 1.56. The lowest BCUT2D eigenvalue weighted by atomic mass is 10.2. The number of benzene rings is 2. The molecule has 0 saturated carbocycles. The van der Waals surface area contributed by atoms with Gasteiger partial charge in [-0.1, -0.05) is 23.9 Å². The molecule has 0 unspecified atom stereocenters. The summed E-state index contributed by atoms with van der Waals surface area (Å²) in [7, 11) is 3.11. The summed E-state index contributed by atoms with van der Waals surface area (Å²) >= 11 is 4.62. The number of rotatable bonds is 7. The van der Waals surface area contributed by atoms with E-state index >= 15 is 0 Å². The van der Waals surface area contributed by atoms with Crippen LogP contribution in [0.25, 0.3) is 11.1 Å². The van der Waals surface area contributed by atoms with E-state index in [4.69, 9.17) is 13.9 Å². The lowest BCUT2D eigenvalue weighted by molar-refractivity contribution is -0.118. The number of carbonyl (C=O) groups excluding carboxylic acids is 1. The quantitative estimate of drug-likeness (QED) is 0.334. The number of oxazole rings is 1. The van der Waals surface area contributed by atoms with Gasteiger partial charge in [-0.25, -0.2) is 10.4 Å². The minimum Gasteiger partial charge on any atom is -0.493 e. The summed E-state index contributed by atoms with van der Waals surface area (Å²) in [6.07, 6.45) is 1.52. The summed E-state index contributed by atoms with van der Waals surface area (Å²) in [4.78, 5) is 16.2. The van der Waals surface area contributed by atoms with Gasteiger partial charge in [0.2, 0.25) is 0 Å². The normalized spacial score (nSPS) is 11.1. The minimum atomic E-state index is -0.266. The van der Waals surface area contributed by atoms with Crippen molar-refractivity contribution < 1.29 is 18.7 Å². The van der Waals surface area contributed by atoms with Gasteiger partial charge >= 0.3 is 0 Å². The number of para-hydroxylation sites is 2. The maximum atomic E-state index is 11.9. The van der Waals surface area contributed by atoms with Gasteiger partial charge in [0, 0.05) is 0 Å². The summed E-state index contributed by atoms with van der Waals surface area (Å²) in [5.41, 5.74) is 4.67. The van der Waals surface area contributed by atoms with Crippen molar-refractivity contribution in [1.82, 2.24) is 10.4 Å². The highest BCUT2D eigenvalue weighted by atomic mass is 79.9. The third kappa shape index (κ3) is 4.81. The highest BCUT2D eigenvalue weighted by Gasteiger charge is 2.10. The summed E-state index contributed by atoms with van der Waals surface area (Å²) in [5.74, 6) is 1.03. The molecule has 0 spiro atoms. The summed E-state index contributed by atoms with van der Waals surface area (Å²) < 4.78 is 16.8. The Bertz CT molecular complexity index is 957. The molecule has 3 rings (SSSR count). The average molecular weight is 450 g/mol. The van der Waals surface area contributed by atoms with Crippen LogP contribution in [0, 0.1) is 0 Å². The second-order valence-corrected chi connectivity index (χ2v) is 7.05. The number of aromatic nitrogens is 1. The Morgan fingerprint density at radius 1 is 1.33 bits per heavy atom. The van der Waals surface area contributed by atoms with Gasteiger partial charge in [-0.2, -0.15) is 5.10 Å². The van der Waals surface area contributed by atoms with Gasteiger partial charge < -0.3 is 13.9 Å². The predicted octanol–water partition coefficient (Wildman–Crippen LogP) is 3.85. The van der Waals surface area contributed by atoms with Crippen LogP contribution in [0.5, 0.6) is 11.5 Å². The van der Waals surface area contributed by atoms with Crippen LogP contribution in [0.15, 0.2) is 55.6 Å². The Morgan fingerprint density at radius 2 is 2.15 bits per heavy atom. The Labute approximate surface area is 168 Å². The van der Waals surface area contributed by atoms with Crippen molar-refractivity contribution in [3.05, 3.63) is 46.4 Å². The van der Waals surface area contributed by atoms with Gasteiger partial charge in [0.05, 0.1) is 30.7 Å². The van der Waals surface area contributed by atoms with E-state index in [0.29, 0.717) is 22.3 Å². The molecule has 0 atom stereocenters. The highest BCUT2D eigenvalue weighted by Crippen LogP contribution is 2.35. The fourth-order valence-electron chi connectivity index (χ4n) is 2.26. The van der Waals surface area contributed by atoms with Crippen molar-refractivity contribution >= 4 is 50.9 Å². The number of hydrogen-bond acceptors (Lipinski definition) is 7. The van der Waals surface area contributed by atoms with Gasteiger partial charge in [0.25, 0.3) is 11.1 Å². The number of amides is 1. The largest absolute Gasteiger partial charge is 0.493 e. The molecule has 140 valence electrons. The number of nitrogens with zero attached hydrogens (tertiary/aromatic N) is 2. The van der Waals surface area contributed by atoms with E-state index in [9.17, 15) is 4.79 Å². The molecule has 0 saturated heterocycles. The summed E-state index contributed by atoms with van der Waals surface area (Å²) in [6, 6.07) is 11.0. The molecule has 9 heteroatoms. The third-order valence-corrected chi connectivity index (χ3v) is 4.88. The van der Waals surface area contributed by atoms with Crippen LogP contribution in [-0.4, -0.2) is 37.1 Å². The van der Waals surface area contributed by atoms with Crippen molar-refractivity contribution in [2.45, 2.75) is 5.22 Å². The molecule has 1 N–H and O–H groups in total. The summed E-state index contributed by atoms with van der Waals surface area (Å²) in [6.45, 7) is 0. The first-order valence-corrected chi connectivity index (χ1v) is 9.60. The first kappa shape index (κ1) is 19.2. The van der Waals surface area contributed by atoms with E-state index in [0.717, 1.165) is 15.6 Å². The lowest BCUT2D eigenvalue weighted by Crippen LogP contribution is -2.19. The lowest BCUT2D eigenvalue weighted by Gasteiger charge is -2.10. The fourth-order valence-corrected chi connectivity index (χ4v) is 3.52. The number of ether oxygens (including phenoxy) is 2. The first-order chi connectivity index (χ1) is 13.1. The maximum Gasteiger partial charge on any atom is 0.257 e. The number of nitrogens with one attached hydrogen (secondary N) is 1. The fraction of sp³-hybridized carbons (Fsp3) is 0.167. The van der Waals surface area contributed by atoms with Gasteiger partial charge in [0.1, 0.15) is 5.52 Å². The number of fused-ring (bicyclic) bond motifs is 1. The van der Waals surface area contributed by atoms with Crippen molar-refractivity contribution in [2.24, 2.45) is 5.10 Å². The number of hydrazone groups is 1. The van der Waals surface area contributed by atoms with E-state index in [1.54, 1.807) is 20.3 Å². The molecule has 0 radical (unpaired) electrons. The molecule has 0 aliphatic heterocycles. The van der Waals surface area contributed by atoms with Crippen LogP contribution in [0.4, 0.5) is 0 Å². The van der Waals surface area contributed by atoms with Gasteiger partial charge in [0.15, 0.2) is 17.1 Å². The zero-order valence-electron chi connectivity index (χ0n) is 14.6. The number of hydrogen-bond donors (Lipinski definition) is 1. The molecule has 27 heavy (non-hydrogen) atoms. The molecule has 1 heterocycles. The number of thioether (sulfide) groups is 1. The summed E-state index contributed by atoms with van der Waals surface area (Å²) in [5, 5.41) is 4.41. The molecular formula is C18H16BrN3O4S. The standard InChI is InChI=1S/C18H16BrN3O4S/c1-24-15-8-11(7-12(19)17(15)25-2)9-20-22-16(23)10-27-18-21-13-5-3-4-6-14(13)26-18/h3-9H,10H2,1-2H3,(H,22,23)/b20-9-. The van der Waals surface area contributed by atoms with Crippen LogP contribution in [0.2, 0.25) is 0 Å². The average Bonchev–Trinajstić information content (AvgIpc) is 3.09. The van der Waals surface area contributed by atoms with Crippen LogP contribution < -0.4 is 14.9 Å². The highest BCUT2D eigenvalue weighted by molar-refractivity contribution is 9.10. The Hall–Kier alpha value is -2.52. The second kappa shape index (κ2) is 8.92. The van der Waals surface area contributed by atoms with E-state index < -0.39 is 0 Å². The molecule has 0 fully saturated rings. The number of halogens is 1. The van der Waals surface area contributed by atoms with Crippen LogP contribution in [0.1, 0.15) is 5.56 Å². The number of carbonyl (C=O) groups is 1. The zero-order valence-corrected chi connectivity index (χ0v) is 17.0. The maximum absolute atomic E-state index is 11.9. The Kier molecular flexibility index (Phi) is 6.36. The molecule has 3 aromatic rings. The number of methoxy groups -OCH3 is 2. The topological polar surface area (TPSA) is 86.0 Å². The van der Waals surface area contributed by atoms with Crippen molar-refractivity contribution in [1.29, 1.82) is 0 Å². The first-order valence-electron chi connectivity index (χ1n) is 7.82. The molecule has 1 aromatic heterocycles. The third-order valence-electron chi connectivity index (χ3n) is 3.46.